The quantitative estimate of drug-likeness (QED) is 0.753. The van der Waals surface area contributed by atoms with Gasteiger partial charge in [0.2, 0.25) is 5.91 Å². The standard InChI is InChI=1S/C12H21NO3/c1-9(2)13(8-12(15)16)11(14)7-6-10-4-3-5-10/h9-10H,3-8H2,1-2H3,(H,15,16). The van der Waals surface area contributed by atoms with E-state index in [1.165, 1.54) is 24.2 Å². The van der Waals surface area contributed by atoms with Crippen LogP contribution in [0.1, 0.15) is 46.0 Å². The Kier molecular flexibility index (Phi) is 4.77. The van der Waals surface area contributed by atoms with E-state index in [2.05, 4.69) is 0 Å². The van der Waals surface area contributed by atoms with Gasteiger partial charge in [-0.1, -0.05) is 19.3 Å². The van der Waals surface area contributed by atoms with Gasteiger partial charge in [-0.3, -0.25) is 9.59 Å². The number of amides is 1. The van der Waals surface area contributed by atoms with Gasteiger partial charge in [0.05, 0.1) is 0 Å². The summed E-state index contributed by atoms with van der Waals surface area (Å²) in [5, 5.41) is 8.72. The van der Waals surface area contributed by atoms with Crippen LogP contribution in [0.15, 0.2) is 0 Å². The summed E-state index contributed by atoms with van der Waals surface area (Å²) in [4.78, 5) is 23.9. The molecule has 1 saturated carbocycles. The highest BCUT2D eigenvalue weighted by atomic mass is 16.4. The maximum atomic E-state index is 11.8. The van der Waals surface area contributed by atoms with Crippen LogP contribution in [0.25, 0.3) is 0 Å². The summed E-state index contributed by atoms with van der Waals surface area (Å²) in [5.41, 5.74) is 0. The molecule has 0 aromatic rings. The molecule has 0 aromatic carbocycles. The van der Waals surface area contributed by atoms with Crippen molar-refractivity contribution in [2.45, 2.75) is 52.0 Å². The smallest absolute Gasteiger partial charge is 0.323 e. The SMILES string of the molecule is CC(C)N(CC(=O)O)C(=O)CCC1CCC1. The monoisotopic (exact) mass is 227 g/mol. The van der Waals surface area contributed by atoms with Crippen molar-refractivity contribution in [3.05, 3.63) is 0 Å². The van der Waals surface area contributed by atoms with E-state index in [-0.39, 0.29) is 18.5 Å². The number of aliphatic carboxylic acids is 1. The Labute approximate surface area is 96.6 Å². The summed E-state index contributed by atoms with van der Waals surface area (Å²) in [6.07, 6.45) is 5.15. The first-order valence-corrected chi connectivity index (χ1v) is 6.02. The van der Waals surface area contributed by atoms with E-state index in [1.54, 1.807) is 0 Å². The van der Waals surface area contributed by atoms with Gasteiger partial charge in [0.25, 0.3) is 0 Å². The lowest BCUT2D eigenvalue weighted by molar-refractivity contribution is -0.146. The Bertz CT molecular complexity index is 259. The zero-order valence-corrected chi connectivity index (χ0v) is 10.1. The molecule has 16 heavy (non-hydrogen) atoms. The highest BCUT2D eigenvalue weighted by Gasteiger charge is 2.23. The minimum Gasteiger partial charge on any atom is -0.480 e. The molecule has 92 valence electrons. The minimum atomic E-state index is -0.939. The molecule has 0 atom stereocenters. The fraction of sp³-hybridized carbons (Fsp3) is 0.833. The molecule has 1 fully saturated rings. The number of carbonyl (C=O) groups is 2. The molecule has 0 saturated heterocycles. The molecule has 4 heteroatoms. The molecule has 4 nitrogen and oxygen atoms in total. The Balaban J connectivity index is 2.36. The van der Waals surface area contributed by atoms with Crippen molar-refractivity contribution in [2.24, 2.45) is 5.92 Å². The molecule has 0 radical (unpaired) electrons. The zero-order valence-electron chi connectivity index (χ0n) is 10.1. The van der Waals surface area contributed by atoms with Crippen LogP contribution >= 0.6 is 0 Å². The molecule has 0 spiro atoms. The van der Waals surface area contributed by atoms with E-state index in [9.17, 15) is 9.59 Å². The van der Waals surface area contributed by atoms with Gasteiger partial charge in [-0.25, -0.2) is 0 Å². The van der Waals surface area contributed by atoms with E-state index in [4.69, 9.17) is 5.11 Å². The number of carbonyl (C=O) groups excluding carboxylic acids is 1. The summed E-state index contributed by atoms with van der Waals surface area (Å²) in [7, 11) is 0. The van der Waals surface area contributed by atoms with Crippen molar-refractivity contribution < 1.29 is 14.7 Å². The average molecular weight is 227 g/mol. The predicted molar refractivity (Wildman–Crippen MR) is 61.1 cm³/mol. The molecule has 1 amide bonds. The van der Waals surface area contributed by atoms with Crippen LogP contribution in [-0.2, 0) is 9.59 Å². The normalized spacial score (nSPS) is 15.9. The topological polar surface area (TPSA) is 57.6 Å². The predicted octanol–water partition coefficient (Wildman–Crippen LogP) is 1.89. The molecule has 1 rings (SSSR count). The van der Waals surface area contributed by atoms with Gasteiger partial charge < -0.3 is 10.0 Å². The Morgan fingerprint density at radius 1 is 1.38 bits per heavy atom. The van der Waals surface area contributed by atoms with Crippen LogP contribution < -0.4 is 0 Å². The molecule has 0 aromatic heterocycles. The van der Waals surface area contributed by atoms with E-state index < -0.39 is 5.97 Å². The second-order valence-corrected chi connectivity index (χ2v) is 4.84. The lowest BCUT2D eigenvalue weighted by Gasteiger charge is -2.28. The molecule has 1 aliphatic rings. The molecular formula is C12H21NO3. The lowest BCUT2D eigenvalue weighted by atomic mass is 9.82. The third kappa shape index (κ3) is 3.83. The number of nitrogens with zero attached hydrogens (tertiary/aromatic N) is 1. The first kappa shape index (κ1) is 13.0. The van der Waals surface area contributed by atoms with Crippen molar-refractivity contribution in [1.29, 1.82) is 0 Å². The molecule has 1 aliphatic carbocycles. The molecule has 0 bridgehead atoms. The maximum absolute atomic E-state index is 11.8. The molecule has 0 unspecified atom stereocenters. The largest absolute Gasteiger partial charge is 0.480 e. The van der Waals surface area contributed by atoms with Gasteiger partial charge in [0.1, 0.15) is 6.54 Å². The fourth-order valence-electron chi connectivity index (χ4n) is 1.96. The van der Waals surface area contributed by atoms with Gasteiger partial charge in [-0.05, 0) is 26.2 Å². The van der Waals surface area contributed by atoms with Crippen LogP contribution in [0.3, 0.4) is 0 Å². The van der Waals surface area contributed by atoms with Crippen LogP contribution in [0.4, 0.5) is 0 Å². The van der Waals surface area contributed by atoms with Crippen LogP contribution in [0, 0.1) is 5.92 Å². The third-order valence-corrected chi connectivity index (χ3v) is 3.24. The first-order chi connectivity index (χ1) is 7.50. The summed E-state index contributed by atoms with van der Waals surface area (Å²) in [6, 6.07) is -0.0370. The Morgan fingerprint density at radius 3 is 2.38 bits per heavy atom. The van der Waals surface area contributed by atoms with Crippen LogP contribution in [0.5, 0.6) is 0 Å². The fourth-order valence-corrected chi connectivity index (χ4v) is 1.96. The minimum absolute atomic E-state index is 0.0238. The maximum Gasteiger partial charge on any atom is 0.323 e. The van der Waals surface area contributed by atoms with Crippen LogP contribution in [0.2, 0.25) is 0 Å². The molecule has 0 heterocycles. The lowest BCUT2D eigenvalue weighted by Crippen LogP contribution is -2.40. The molecular weight excluding hydrogens is 206 g/mol. The highest BCUT2D eigenvalue weighted by molar-refractivity contribution is 5.81. The highest BCUT2D eigenvalue weighted by Crippen LogP contribution is 2.30. The van der Waals surface area contributed by atoms with Crippen molar-refractivity contribution in [3.8, 4) is 0 Å². The summed E-state index contributed by atoms with van der Waals surface area (Å²) >= 11 is 0. The third-order valence-electron chi connectivity index (χ3n) is 3.24. The van der Waals surface area contributed by atoms with Crippen molar-refractivity contribution in [1.82, 2.24) is 4.90 Å². The first-order valence-electron chi connectivity index (χ1n) is 6.02. The summed E-state index contributed by atoms with van der Waals surface area (Å²) in [6.45, 7) is 3.52. The second kappa shape index (κ2) is 5.87. The summed E-state index contributed by atoms with van der Waals surface area (Å²) < 4.78 is 0. The van der Waals surface area contributed by atoms with Crippen molar-refractivity contribution in [2.75, 3.05) is 6.54 Å². The zero-order chi connectivity index (χ0) is 12.1. The number of carboxylic acids is 1. The number of hydrogen-bond acceptors (Lipinski definition) is 2. The van der Waals surface area contributed by atoms with Gasteiger partial charge in [0, 0.05) is 12.5 Å². The van der Waals surface area contributed by atoms with Gasteiger partial charge in [-0.15, -0.1) is 0 Å². The number of rotatable bonds is 6. The van der Waals surface area contributed by atoms with Crippen LogP contribution in [-0.4, -0.2) is 34.5 Å². The van der Waals surface area contributed by atoms with Crippen molar-refractivity contribution in [3.63, 3.8) is 0 Å². The van der Waals surface area contributed by atoms with E-state index >= 15 is 0 Å². The number of hydrogen-bond donors (Lipinski definition) is 1. The van der Waals surface area contributed by atoms with E-state index in [1.807, 2.05) is 13.8 Å². The van der Waals surface area contributed by atoms with Gasteiger partial charge in [0.15, 0.2) is 0 Å². The number of carboxylic acid groups (broad SMARTS) is 1. The average Bonchev–Trinajstić information content (AvgIpc) is 2.10. The Hall–Kier alpha value is -1.06. The summed E-state index contributed by atoms with van der Waals surface area (Å²) in [5.74, 6) is -0.266. The van der Waals surface area contributed by atoms with Crippen molar-refractivity contribution >= 4 is 11.9 Å². The van der Waals surface area contributed by atoms with Gasteiger partial charge in [-0.2, -0.15) is 0 Å². The molecule has 1 N–H and O–H groups in total. The van der Waals surface area contributed by atoms with E-state index in [0.717, 1.165) is 6.42 Å². The molecule has 0 aliphatic heterocycles. The van der Waals surface area contributed by atoms with E-state index in [0.29, 0.717) is 12.3 Å². The van der Waals surface area contributed by atoms with Gasteiger partial charge >= 0.3 is 5.97 Å². The Morgan fingerprint density at radius 2 is 2.00 bits per heavy atom. The second-order valence-electron chi connectivity index (χ2n) is 4.84.